The highest BCUT2D eigenvalue weighted by Gasteiger charge is 2.18. The molecule has 0 unspecified atom stereocenters. The molecule has 1 aromatic carbocycles. The van der Waals surface area contributed by atoms with Crippen LogP contribution < -0.4 is 5.32 Å². The number of likely N-dealkylation sites (tertiary alicyclic amines) is 1. The van der Waals surface area contributed by atoms with Crippen LogP contribution in [0.5, 0.6) is 0 Å². The molecule has 0 spiro atoms. The number of aryl methyl sites for hydroxylation is 1. The summed E-state index contributed by atoms with van der Waals surface area (Å²) in [6.45, 7) is 3.76. The molecule has 0 bridgehead atoms. The summed E-state index contributed by atoms with van der Waals surface area (Å²) in [7, 11) is 0. The number of pyridine rings is 1. The first-order valence-electron chi connectivity index (χ1n) is 8.32. The molecular formula is C19H23N3O. The number of anilines is 2. The first-order valence-corrected chi connectivity index (χ1v) is 8.32. The Labute approximate surface area is 137 Å². The van der Waals surface area contributed by atoms with Gasteiger partial charge in [0.2, 0.25) is 0 Å². The fraction of sp³-hybridized carbons (Fsp3) is 0.368. The largest absolute Gasteiger partial charge is 0.354 e. The summed E-state index contributed by atoms with van der Waals surface area (Å²) >= 11 is 0. The van der Waals surface area contributed by atoms with Crippen LogP contribution in [0, 0.1) is 6.92 Å². The summed E-state index contributed by atoms with van der Waals surface area (Å²) in [6.07, 6.45) is 6.36. The van der Waals surface area contributed by atoms with E-state index in [9.17, 15) is 4.79 Å². The van der Waals surface area contributed by atoms with Crippen molar-refractivity contribution in [2.75, 3.05) is 18.4 Å². The molecule has 1 aliphatic heterocycles. The van der Waals surface area contributed by atoms with Crippen LogP contribution in [0.15, 0.2) is 42.6 Å². The zero-order valence-electron chi connectivity index (χ0n) is 13.6. The van der Waals surface area contributed by atoms with E-state index in [0.29, 0.717) is 5.69 Å². The molecule has 0 atom stereocenters. The van der Waals surface area contributed by atoms with Gasteiger partial charge in [-0.25, -0.2) is 4.98 Å². The topological polar surface area (TPSA) is 45.2 Å². The predicted octanol–water partition coefficient (Wildman–Crippen LogP) is 4.15. The van der Waals surface area contributed by atoms with E-state index in [1.54, 1.807) is 6.20 Å². The zero-order chi connectivity index (χ0) is 16.1. The lowest BCUT2D eigenvalue weighted by molar-refractivity contribution is 0.0756. The van der Waals surface area contributed by atoms with Crippen molar-refractivity contribution >= 4 is 17.3 Å². The lowest BCUT2D eigenvalue weighted by Gasteiger charge is -2.19. The second-order valence-electron chi connectivity index (χ2n) is 6.08. The molecule has 2 heterocycles. The van der Waals surface area contributed by atoms with Crippen LogP contribution in [-0.4, -0.2) is 28.9 Å². The molecule has 120 valence electrons. The standard InChI is InChI=1S/C19H23N3O/c1-15-8-4-5-9-17(15)21-16-10-11-18(20-14-16)19(23)22-12-6-2-3-7-13-22/h4-5,8-11,14,21H,2-3,6-7,12-13H2,1H3. The van der Waals surface area contributed by atoms with Gasteiger partial charge in [0, 0.05) is 18.8 Å². The molecule has 1 N–H and O–H groups in total. The van der Waals surface area contributed by atoms with E-state index in [0.717, 1.165) is 37.3 Å². The Morgan fingerprint density at radius 2 is 1.78 bits per heavy atom. The number of nitrogens with zero attached hydrogens (tertiary/aromatic N) is 2. The second kappa shape index (κ2) is 7.27. The van der Waals surface area contributed by atoms with Crippen LogP contribution in [0.3, 0.4) is 0 Å². The minimum Gasteiger partial charge on any atom is -0.354 e. The molecule has 4 heteroatoms. The number of hydrogen-bond acceptors (Lipinski definition) is 3. The van der Waals surface area contributed by atoms with E-state index in [1.807, 2.05) is 35.2 Å². The van der Waals surface area contributed by atoms with Gasteiger partial charge in [0.1, 0.15) is 5.69 Å². The van der Waals surface area contributed by atoms with Gasteiger partial charge in [0.15, 0.2) is 0 Å². The summed E-state index contributed by atoms with van der Waals surface area (Å²) in [5.41, 5.74) is 3.66. The highest BCUT2D eigenvalue weighted by atomic mass is 16.2. The van der Waals surface area contributed by atoms with Gasteiger partial charge in [-0.1, -0.05) is 31.0 Å². The van der Waals surface area contributed by atoms with E-state index < -0.39 is 0 Å². The smallest absolute Gasteiger partial charge is 0.272 e. The lowest BCUT2D eigenvalue weighted by atomic mass is 10.2. The Morgan fingerprint density at radius 3 is 2.43 bits per heavy atom. The molecule has 1 amide bonds. The average molecular weight is 309 g/mol. The Hall–Kier alpha value is -2.36. The van der Waals surface area contributed by atoms with Gasteiger partial charge in [-0.05, 0) is 43.5 Å². The molecule has 4 nitrogen and oxygen atoms in total. The van der Waals surface area contributed by atoms with Crippen LogP contribution in [0.25, 0.3) is 0 Å². The molecule has 1 aromatic heterocycles. The molecule has 2 aromatic rings. The number of aromatic nitrogens is 1. The number of carbonyl (C=O) groups is 1. The first kappa shape index (κ1) is 15.5. The molecular weight excluding hydrogens is 286 g/mol. The zero-order valence-corrected chi connectivity index (χ0v) is 13.6. The Kier molecular flexibility index (Phi) is 4.91. The summed E-state index contributed by atoms with van der Waals surface area (Å²) in [4.78, 5) is 18.8. The molecule has 1 aliphatic rings. The van der Waals surface area contributed by atoms with Crippen molar-refractivity contribution in [3.63, 3.8) is 0 Å². The summed E-state index contributed by atoms with van der Waals surface area (Å²) in [5, 5.41) is 3.34. The normalized spacial score (nSPS) is 15.1. The van der Waals surface area contributed by atoms with Crippen molar-refractivity contribution in [2.45, 2.75) is 32.6 Å². The summed E-state index contributed by atoms with van der Waals surface area (Å²) in [5.74, 6) is 0.0503. The number of carbonyl (C=O) groups excluding carboxylic acids is 1. The third kappa shape index (κ3) is 3.89. The monoisotopic (exact) mass is 309 g/mol. The van der Waals surface area contributed by atoms with Gasteiger partial charge >= 0.3 is 0 Å². The van der Waals surface area contributed by atoms with E-state index >= 15 is 0 Å². The van der Waals surface area contributed by atoms with Crippen molar-refractivity contribution in [1.29, 1.82) is 0 Å². The number of rotatable bonds is 3. The highest BCUT2D eigenvalue weighted by molar-refractivity contribution is 5.92. The first-order chi connectivity index (χ1) is 11.2. The molecule has 23 heavy (non-hydrogen) atoms. The van der Waals surface area contributed by atoms with Gasteiger partial charge in [0.05, 0.1) is 11.9 Å². The number of benzene rings is 1. The lowest BCUT2D eigenvalue weighted by Crippen LogP contribution is -2.32. The van der Waals surface area contributed by atoms with Crippen LogP contribution in [0.2, 0.25) is 0 Å². The van der Waals surface area contributed by atoms with Gasteiger partial charge in [-0.2, -0.15) is 0 Å². The molecule has 0 aliphatic carbocycles. The van der Waals surface area contributed by atoms with Crippen LogP contribution in [-0.2, 0) is 0 Å². The van der Waals surface area contributed by atoms with Crippen molar-refractivity contribution < 1.29 is 4.79 Å². The highest BCUT2D eigenvalue weighted by Crippen LogP contribution is 2.20. The molecule has 0 radical (unpaired) electrons. The van der Waals surface area contributed by atoms with Crippen molar-refractivity contribution in [1.82, 2.24) is 9.88 Å². The maximum absolute atomic E-state index is 12.5. The van der Waals surface area contributed by atoms with Crippen molar-refractivity contribution in [2.24, 2.45) is 0 Å². The van der Waals surface area contributed by atoms with Crippen molar-refractivity contribution in [3.8, 4) is 0 Å². The average Bonchev–Trinajstić information content (AvgIpc) is 2.86. The Balaban J connectivity index is 1.69. The molecule has 1 saturated heterocycles. The minimum absolute atomic E-state index is 0.0503. The third-order valence-electron chi connectivity index (χ3n) is 4.30. The van der Waals surface area contributed by atoms with E-state index in [4.69, 9.17) is 0 Å². The fourth-order valence-corrected chi connectivity index (χ4v) is 2.90. The molecule has 0 saturated carbocycles. The van der Waals surface area contributed by atoms with E-state index in [2.05, 4.69) is 23.3 Å². The van der Waals surface area contributed by atoms with Crippen LogP contribution in [0.1, 0.15) is 41.7 Å². The predicted molar refractivity (Wildman–Crippen MR) is 93.1 cm³/mol. The summed E-state index contributed by atoms with van der Waals surface area (Å²) in [6, 6.07) is 11.8. The van der Waals surface area contributed by atoms with Crippen LogP contribution >= 0.6 is 0 Å². The number of nitrogens with one attached hydrogen (secondary N) is 1. The third-order valence-corrected chi connectivity index (χ3v) is 4.30. The van der Waals surface area contributed by atoms with E-state index in [-0.39, 0.29) is 5.91 Å². The van der Waals surface area contributed by atoms with Crippen molar-refractivity contribution in [3.05, 3.63) is 53.9 Å². The van der Waals surface area contributed by atoms with Crippen LogP contribution in [0.4, 0.5) is 11.4 Å². The Bertz CT molecular complexity index is 659. The summed E-state index contributed by atoms with van der Waals surface area (Å²) < 4.78 is 0. The van der Waals surface area contributed by atoms with E-state index in [1.165, 1.54) is 18.4 Å². The fourth-order valence-electron chi connectivity index (χ4n) is 2.90. The number of amides is 1. The Morgan fingerprint density at radius 1 is 1.04 bits per heavy atom. The molecule has 3 rings (SSSR count). The molecule has 1 fully saturated rings. The number of para-hydroxylation sites is 1. The van der Waals surface area contributed by atoms with Gasteiger partial charge in [-0.15, -0.1) is 0 Å². The maximum atomic E-state index is 12.5. The minimum atomic E-state index is 0.0503. The van der Waals surface area contributed by atoms with Gasteiger partial charge < -0.3 is 10.2 Å². The van der Waals surface area contributed by atoms with Gasteiger partial charge in [-0.3, -0.25) is 4.79 Å². The quantitative estimate of drug-likeness (QED) is 0.926. The second-order valence-corrected chi connectivity index (χ2v) is 6.08. The maximum Gasteiger partial charge on any atom is 0.272 e. The number of hydrogen-bond donors (Lipinski definition) is 1. The SMILES string of the molecule is Cc1ccccc1Nc1ccc(C(=O)N2CCCCCC2)nc1. The van der Waals surface area contributed by atoms with Gasteiger partial charge in [0.25, 0.3) is 5.91 Å².